The molecule has 3 heterocycles. The SMILES string of the molecule is C[C@]12O[C@](C)(C3=C1Oc1ccccc1O3)C(C(=O)O)C2C(=O)O. The third kappa shape index (κ3) is 1.52. The van der Waals surface area contributed by atoms with Gasteiger partial charge in [-0.2, -0.15) is 0 Å². The molecule has 120 valence electrons. The molecule has 2 unspecified atom stereocenters. The van der Waals surface area contributed by atoms with E-state index in [1.54, 1.807) is 24.3 Å². The lowest BCUT2D eigenvalue weighted by atomic mass is 9.69. The minimum Gasteiger partial charge on any atom is -0.481 e. The van der Waals surface area contributed by atoms with Crippen LogP contribution in [-0.2, 0) is 14.3 Å². The van der Waals surface area contributed by atoms with Gasteiger partial charge in [-0.3, -0.25) is 9.59 Å². The summed E-state index contributed by atoms with van der Waals surface area (Å²) in [5, 5.41) is 19.1. The van der Waals surface area contributed by atoms with E-state index in [0.29, 0.717) is 11.5 Å². The van der Waals surface area contributed by atoms with Crippen molar-refractivity contribution < 1.29 is 34.0 Å². The summed E-state index contributed by atoms with van der Waals surface area (Å²) in [7, 11) is 0. The lowest BCUT2D eigenvalue weighted by Crippen LogP contribution is -2.50. The normalized spacial score (nSPS) is 36.8. The van der Waals surface area contributed by atoms with E-state index in [-0.39, 0.29) is 11.5 Å². The number of carboxylic acid groups (broad SMARTS) is 2. The van der Waals surface area contributed by atoms with Gasteiger partial charge in [0.15, 0.2) is 23.0 Å². The fourth-order valence-corrected chi connectivity index (χ4v) is 3.92. The second kappa shape index (κ2) is 4.05. The Morgan fingerprint density at radius 2 is 1.30 bits per heavy atom. The predicted molar refractivity (Wildman–Crippen MR) is 74.9 cm³/mol. The van der Waals surface area contributed by atoms with Crippen LogP contribution in [0.2, 0.25) is 0 Å². The van der Waals surface area contributed by atoms with E-state index in [0.717, 1.165) is 0 Å². The van der Waals surface area contributed by atoms with Crippen molar-refractivity contribution in [1.29, 1.82) is 0 Å². The van der Waals surface area contributed by atoms with Crippen LogP contribution in [0.1, 0.15) is 13.8 Å². The minimum atomic E-state index is -1.40. The van der Waals surface area contributed by atoms with Crippen molar-refractivity contribution in [2.75, 3.05) is 0 Å². The lowest BCUT2D eigenvalue weighted by molar-refractivity contribution is -0.156. The van der Waals surface area contributed by atoms with Gasteiger partial charge in [-0.05, 0) is 26.0 Å². The molecule has 23 heavy (non-hydrogen) atoms. The average molecular weight is 318 g/mol. The van der Waals surface area contributed by atoms with Crippen LogP contribution in [0.15, 0.2) is 35.8 Å². The summed E-state index contributed by atoms with van der Waals surface area (Å²) in [6.45, 7) is 3.07. The number of benzene rings is 1. The number of hydrogen-bond donors (Lipinski definition) is 2. The van der Waals surface area contributed by atoms with Crippen molar-refractivity contribution in [2.45, 2.75) is 25.0 Å². The van der Waals surface area contributed by atoms with Crippen molar-refractivity contribution in [3.8, 4) is 11.5 Å². The first kappa shape index (κ1) is 14.1. The maximum Gasteiger partial charge on any atom is 0.310 e. The molecule has 7 heteroatoms. The van der Waals surface area contributed by atoms with Gasteiger partial charge in [0, 0.05) is 0 Å². The summed E-state index contributed by atoms with van der Waals surface area (Å²) in [5.41, 5.74) is -2.79. The number of rotatable bonds is 2. The smallest absolute Gasteiger partial charge is 0.310 e. The Labute approximate surface area is 131 Å². The molecule has 4 rings (SSSR count). The van der Waals surface area contributed by atoms with E-state index in [9.17, 15) is 19.8 Å². The van der Waals surface area contributed by atoms with Gasteiger partial charge in [0.25, 0.3) is 0 Å². The third-order valence-corrected chi connectivity index (χ3v) is 4.86. The van der Waals surface area contributed by atoms with Gasteiger partial charge in [-0.1, -0.05) is 12.1 Å². The molecule has 0 amide bonds. The highest BCUT2D eigenvalue weighted by Gasteiger charge is 2.75. The van der Waals surface area contributed by atoms with E-state index in [4.69, 9.17) is 14.2 Å². The molecule has 1 fully saturated rings. The van der Waals surface area contributed by atoms with Crippen molar-refractivity contribution >= 4 is 11.9 Å². The third-order valence-electron chi connectivity index (χ3n) is 4.86. The second-order valence-corrected chi connectivity index (χ2v) is 6.26. The molecular weight excluding hydrogens is 304 g/mol. The molecule has 0 radical (unpaired) electrons. The first-order valence-electron chi connectivity index (χ1n) is 7.15. The van der Waals surface area contributed by atoms with E-state index < -0.39 is 35.0 Å². The fraction of sp³-hybridized carbons (Fsp3) is 0.375. The predicted octanol–water partition coefficient (Wildman–Crippen LogP) is 1.63. The molecule has 1 saturated heterocycles. The molecular formula is C16H14O7. The molecule has 1 aromatic rings. The minimum absolute atomic E-state index is 0.239. The summed E-state index contributed by atoms with van der Waals surface area (Å²) >= 11 is 0. The summed E-state index contributed by atoms with van der Waals surface area (Å²) < 4.78 is 17.6. The van der Waals surface area contributed by atoms with Crippen LogP contribution < -0.4 is 9.47 Å². The largest absolute Gasteiger partial charge is 0.481 e. The monoisotopic (exact) mass is 318 g/mol. The number of fused-ring (bicyclic) bond motifs is 5. The molecule has 0 saturated carbocycles. The van der Waals surface area contributed by atoms with E-state index in [1.807, 2.05) is 0 Å². The molecule has 0 aliphatic carbocycles. The molecule has 2 N–H and O–H groups in total. The van der Waals surface area contributed by atoms with Crippen LogP contribution >= 0.6 is 0 Å². The summed E-state index contributed by atoms with van der Waals surface area (Å²) in [5.74, 6) is -3.64. The number of carbonyl (C=O) groups is 2. The molecule has 3 aliphatic rings. The molecule has 0 aromatic heterocycles. The van der Waals surface area contributed by atoms with Gasteiger partial charge in [0.2, 0.25) is 0 Å². The first-order valence-corrected chi connectivity index (χ1v) is 7.15. The summed E-state index contributed by atoms with van der Waals surface area (Å²) in [4.78, 5) is 23.4. The number of para-hydroxylation sites is 2. The number of aliphatic carboxylic acids is 2. The molecule has 0 spiro atoms. The van der Waals surface area contributed by atoms with Gasteiger partial charge < -0.3 is 24.4 Å². The van der Waals surface area contributed by atoms with Gasteiger partial charge in [0.05, 0.1) is 0 Å². The molecule has 2 bridgehead atoms. The van der Waals surface area contributed by atoms with E-state index >= 15 is 0 Å². The Morgan fingerprint density at radius 3 is 1.65 bits per heavy atom. The highest BCUT2D eigenvalue weighted by molar-refractivity contribution is 5.85. The Morgan fingerprint density at radius 1 is 0.913 bits per heavy atom. The van der Waals surface area contributed by atoms with Crippen LogP contribution in [0, 0.1) is 11.8 Å². The lowest BCUT2D eigenvalue weighted by Gasteiger charge is -2.36. The number of hydrogen-bond acceptors (Lipinski definition) is 5. The quantitative estimate of drug-likeness (QED) is 0.854. The van der Waals surface area contributed by atoms with Gasteiger partial charge >= 0.3 is 11.9 Å². The summed E-state index contributed by atoms with van der Waals surface area (Å²) in [6, 6.07) is 6.92. The van der Waals surface area contributed by atoms with Gasteiger partial charge in [0.1, 0.15) is 23.0 Å². The van der Waals surface area contributed by atoms with Crippen molar-refractivity contribution in [1.82, 2.24) is 0 Å². The Hall–Kier alpha value is -2.54. The van der Waals surface area contributed by atoms with Crippen molar-refractivity contribution in [2.24, 2.45) is 11.8 Å². The van der Waals surface area contributed by atoms with Gasteiger partial charge in [-0.15, -0.1) is 0 Å². The average Bonchev–Trinajstić information content (AvgIpc) is 2.87. The maximum absolute atomic E-state index is 11.7. The van der Waals surface area contributed by atoms with Crippen molar-refractivity contribution in [3.63, 3.8) is 0 Å². The van der Waals surface area contributed by atoms with Gasteiger partial charge in [-0.25, -0.2) is 0 Å². The zero-order valence-electron chi connectivity index (χ0n) is 12.4. The Kier molecular flexibility index (Phi) is 2.48. The van der Waals surface area contributed by atoms with E-state index in [2.05, 4.69) is 0 Å². The van der Waals surface area contributed by atoms with Crippen LogP contribution in [0.25, 0.3) is 0 Å². The van der Waals surface area contributed by atoms with Crippen LogP contribution in [0.3, 0.4) is 0 Å². The topological polar surface area (TPSA) is 102 Å². The van der Waals surface area contributed by atoms with Crippen LogP contribution in [0.4, 0.5) is 0 Å². The Balaban J connectivity index is 1.91. The zero-order chi connectivity index (χ0) is 16.6. The molecule has 1 aromatic carbocycles. The maximum atomic E-state index is 11.7. The standard InChI is InChI=1S/C16H14O7/c1-15-9(13(17)18)10(14(19)20)16(2,23-15)12-11(15)21-7-5-3-4-6-8(7)22-12/h3-6,9-10H,1-2H3,(H,17,18)(H,19,20)/t9?,10?,15-,16+. The molecule has 7 nitrogen and oxygen atoms in total. The second-order valence-electron chi connectivity index (χ2n) is 6.26. The van der Waals surface area contributed by atoms with E-state index in [1.165, 1.54) is 13.8 Å². The number of carboxylic acids is 2. The highest BCUT2D eigenvalue weighted by Crippen LogP contribution is 2.62. The van der Waals surface area contributed by atoms with Crippen LogP contribution in [-0.4, -0.2) is 33.4 Å². The van der Waals surface area contributed by atoms with Crippen LogP contribution in [0.5, 0.6) is 11.5 Å². The fourth-order valence-electron chi connectivity index (χ4n) is 3.92. The highest BCUT2D eigenvalue weighted by atomic mass is 16.6. The molecule has 3 aliphatic heterocycles. The number of ether oxygens (including phenoxy) is 3. The first-order chi connectivity index (χ1) is 10.8. The van der Waals surface area contributed by atoms with Crippen molar-refractivity contribution in [3.05, 3.63) is 35.8 Å². The molecule has 4 atom stereocenters. The summed E-state index contributed by atoms with van der Waals surface area (Å²) in [6.07, 6.45) is 0. The zero-order valence-corrected chi connectivity index (χ0v) is 12.4. The Bertz CT molecular complexity index is 719.